The molecule has 112 valence electrons. The molecule has 0 amide bonds. The zero-order valence-electron chi connectivity index (χ0n) is 11.8. The second-order valence-corrected chi connectivity index (χ2v) is 7.53. The summed E-state index contributed by atoms with van der Waals surface area (Å²) in [5.41, 5.74) is 0.868. The predicted octanol–water partition coefficient (Wildman–Crippen LogP) is 3.43. The highest BCUT2D eigenvalue weighted by molar-refractivity contribution is 8.06. The maximum Gasteiger partial charge on any atom is 0.232 e. The first-order chi connectivity index (χ1) is 10.3. The van der Waals surface area contributed by atoms with Crippen molar-refractivity contribution < 1.29 is 9.63 Å². The van der Waals surface area contributed by atoms with E-state index < -0.39 is 6.10 Å². The first-order valence-corrected chi connectivity index (χ1v) is 9.22. The molecule has 1 aromatic carbocycles. The minimum Gasteiger partial charge on any atom is -0.388 e. The van der Waals surface area contributed by atoms with Crippen LogP contribution in [0.5, 0.6) is 0 Å². The normalized spacial score (nSPS) is 21.9. The van der Waals surface area contributed by atoms with Crippen LogP contribution < -0.4 is 0 Å². The van der Waals surface area contributed by atoms with Crippen LogP contribution in [0, 0.1) is 0 Å². The lowest BCUT2D eigenvalue weighted by Crippen LogP contribution is -2.10. The van der Waals surface area contributed by atoms with E-state index in [0.717, 1.165) is 22.9 Å². The Morgan fingerprint density at radius 1 is 1.29 bits per heavy atom. The van der Waals surface area contributed by atoms with Gasteiger partial charge in [0, 0.05) is 17.3 Å². The van der Waals surface area contributed by atoms with Crippen LogP contribution >= 0.6 is 23.5 Å². The maximum absolute atomic E-state index is 10.4. The molecule has 6 heteroatoms. The molecule has 0 aliphatic carbocycles. The van der Waals surface area contributed by atoms with E-state index in [1.54, 1.807) is 0 Å². The highest BCUT2D eigenvalue weighted by Crippen LogP contribution is 2.36. The number of thioether (sulfide) groups is 2. The molecular weight excluding hydrogens is 304 g/mol. The molecule has 1 fully saturated rings. The van der Waals surface area contributed by atoms with Gasteiger partial charge in [-0.15, -0.1) is 11.8 Å². The summed E-state index contributed by atoms with van der Waals surface area (Å²) in [5, 5.41) is 14.8. The highest BCUT2D eigenvalue weighted by Gasteiger charge is 2.27. The number of hydrogen-bond acceptors (Lipinski definition) is 6. The van der Waals surface area contributed by atoms with E-state index in [1.807, 2.05) is 60.8 Å². The standard InChI is InChI=1S/C15H18N2O2S2/c1-10(13(18)11-5-3-2-4-6-11)15-16-14(17-19-15)12-9-20-7-8-21-12/h2-6,10,12-13,18H,7-9H2,1H3. The molecule has 3 unspecified atom stereocenters. The van der Waals surface area contributed by atoms with Gasteiger partial charge in [0.1, 0.15) is 0 Å². The van der Waals surface area contributed by atoms with Gasteiger partial charge in [0.15, 0.2) is 5.82 Å². The first-order valence-electron chi connectivity index (χ1n) is 7.01. The van der Waals surface area contributed by atoms with Crippen LogP contribution in [0.2, 0.25) is 0 Å². The highest BCUT2D eigenvalue weighted by atomic mass is 32.2. The van der Waals surface area contributed by atoms with Crippen LogP contribution in [0.25, 0.3) is 0 Å². The monoisotopic (exact) mass is 322 g/mol. The Morgan fingerprint density at radius 2 is 2.10 bits per heavy atom. The van der Waals surface area contributed by atoms with Crippen LogP contribution in [0.3, 0.4) is 0 Å². The van der Waals surface area contributed by atoms with Gasteiger partial charge in [-0.2, -0.15) is 16.7 Å². The summed E-state index contributed by atoms with van der Waals surface area (Å²) in [5.74, 6) is 4.40. The number of benzene rings is 1. The van der Waals surface area contributed by atoms with E-state index in [-0.39, 0.29) is 5.92 Å². The average Bonchev–Trinajstić information content (AvgIpc) is 3.05. The van der Waals surface area contributed by atoms with Crippen LogP contribution in [-0.4, -0.2) is 32.5 Å². The molecule has 1 aliphatic rings. The summed E-state index contributed by atoms with van der Waals surface area (Å²) in [6, 6.07) is 9.59. The molecule has 3 rings (SSSR count). The van der Waals surface area contributed by atoms with E-state index in [4.69, 9.17) is 4.52 Å². The smallest absolute Gasteiger partial charge is 0.232 e. The van der Waals surface area contributed by atoms with Gasteiger partial charge in [-0.3, -0.25) is 0 Å². The Kier molecular flexibility index (Phi) is 4.87. The molecule has 1 aromatic heterocycles. The third-order valence-corrected chi connectivity index (χ3v) is 6.32. The second kappa shape index (κ2) is 6.85. The lowest BCUT2D eigenvalue weighted by atomic mass is 9.97. The topological polar surface area (TPSA) is 59.2 Å². The van der Waals surface area contributed by atoms with Gasteiger partial charge < -0.3 is 9.63 Å². The van der Waals surface area contributed by atoms with Crippen molar-refractivity contribution in [1.29, 1.82) is 0 Å². The van der Waals surface area contributed by atoms with Gasteiger partial charge in [-0.05, 0) is 5.56 Å². The van der Waals surface area contributed by atoms with Gasteiger partial charge in [-0.25, -0.2) is 0 Å². The Hall–Kier alpha value is -0.980. The molecule has 21 heavy (non-hydrogen) atoms. The van der Waals surface area contributed by atoms with E-state index >= 15 is 0 Å². The number of nitrogens with zero attached hydrogens (tertiary/aromatic N) is 2. The molecule has 4 nitrogen and oxygen atoms in total. The van der Waals surface area contributed by atoms with Crippen molar-refractivity contribution in [2.75, 3.05) is 17.3 Å². The number of hydrogen-bond donors (Lipinski definition) is 1. The van der Waals surface area contributed by atoms with E-state index in [0.29, 0.717) is 11.1 Å². The fourth-order valence-electron chi connectivity index (χ4n) is 2.27. The van der Waals surface area contributed by atoms with E-state index in [2.05, 4.69) is 10.1 Å². The van der Waals surface area contributed by atoms with Crippen LogP contribution in [0.15, 0.2) is 34.9 Å². The molecule has 2 aromatic rings. The summed E-state index contributed by atoms with van der Waals surface area (Å²) < 4.78 is 5.38. The molecule has 1 N–H and O–H groups in total. The number of aromatic nitrogens is 2. The Labute approximate surface area is 132 Å². The van der Waals surface area contributed by atoms with Crippen molar-refractivity contribution in [1.82, 2.24) is 10.1 Å². The fourth-order valence-corrected chi connectivity index (χ4v) is 4.86. The van der Waals surface area contributed by atoms with Crippen molar-refractivity contribution in [3.8, 4) is 0 Å². The largest absolute Gasteiger partial charge is 0.388 e. The predicted molar refractivity (Wildman–Crippen MR) is 86.6 cm³/mol. The van der Waals surface area contributed by atoms with Crippen molar-refractivity contribution in [2.45, 2.75) is 24.2 Å². The minimum atomic E-state index is -0.632. The van der Waals surface area contributed by atoms with E-state index in [1.165, 1.54) is 5.75 Å². The summed E-state index contributed by atoms with van der Waals surface area (Å²) in [7, 11) is 0. The lowest BCUT2D eigenvalue weighted by Gasteiger charge is -2.17. The van der Waals surface area contributed by atoms with Crippen molar-refractivity contribution >= 4 is 23.5 Å². The lowest BCUT2D eigenvalue weighted by molar-refractivity contribution is 0.135. The average molecular weight is 322 g/mol. The SMILES string of the molecule is CC(c1nc(C2CSCCS2)no1)C(O)c1ccccc1. The Balaban J connectivity index is 1.73. The zero-order chi connectivity index (χ0) is 14.7. The third kappa shape index (κ3) is 3.44. The molecule has 2 heterocycles. The second-order valence-electron chi connectivity index (χ2n) is 5.07. The summed E-state index contributed by atoms with van der Waals surface area (Å²) in [4.78, 5) is 4.51. The maximum atomic E-state index is 10.4. The molecular formula is C15H18N2O2S2. The number of aliphatic hydroxyl groups excluding tert-OH is 1. The summed E-state index contributed by atoms with van der Waals surface area (Å²) >= 11 is 3.80. The van der Waals surface area contributed by atoms with Crippen LogP contribution in [0.1, 0.15) is 41.5 Å². The number of rotatable bonds is 4. The van der Waals surface area contributed by atoms with Gasteiger partial charge in [-0.1, -0.05) is 42.4 Å². The van der Waals surface area contributed by atoms with Gasteiger partial charge in [0.05, 0.1) is 17.3 Å². The van der Waals surface area contributed by atoms with Crippen molar-refractivity contribution in [3.05, 3.63) is 47.6 Å². The van der Waals surface area contributed by atoms with Crippen LogP contribution in [0.4, 0.5) is 0 Å². The molecule has 1 aliphatic heterocycles. The Morgan fingerprint density at radius 3 is 2.81 bits per heavy atom. The first kappa shape index (κ1) is 14.9. The molecule has 0 bridgehead atoms. The fraction of sp³-hybridized carbons (Fsp3) is 0.467. The summed E-state index contributed by atoms with van der Waals surface area (Å²) in [6.07, 6.45) is -0.632. The summed E-state index contributed by atoms with van der Waals surface area (Å²) in [6.45, 7) is 1.91. The van der Waals surface area contributed by atoms with Gasteiger partial charge >= 0.3 is 0 Å². The molecule has 0 spiro atoms. The van der Waals surface area contributed by atoms with Crippen molar-refractivity contribution in [2.24, 2.45) is 0 Å². The third-order valence-electron chi connectivity index (χ3n) is 3.57. The molecule has 1 saturated heterocycles. The zero-order valence-corrected chi connectivity index (χ0v) is 13.4. The molecule has 0 saturated carbocycles. The van der Waals surface area contributed by atoms with Gasteiger partial charge in [0.2, 0.25) is 5.89 Å². The van der Waals surface area contributed by atoms with E-state index in [9.17, 15) is 5.11 Å². The number of aliphatic hydroxyl groups is 1. The molecule has 3 atom stereocenters. The van der Waals surface area contributed by atoms with Gasteiger partial charge in [0.25, 0.3) is 0 Å². The minimum absolute atomic E-state index is 0.213. The molecule has 0 radical (unpaired) electrons. The Bertz CT molecular complexity index is 570. The van der Waals surface area contributed by atoms with Crippen LogP contribution in [-0.2, 0) is 0 Å². The van der Waals surface area contributed by atoms with Crippen molar-refractivity contribution in [3.63, 3.8) is 0 Å². The quantitative estimate of drug-likeness (QED) is 0.930.